The Morgan fingerprint density at radius 1 is 1.11 bits per heavy atom. The van der Waals surface area contributed by atoms with E-state index in [0.29, 0.717) is 22.6 Å². The minimum Gasteiger partial charge on any atom is -0.348 e. The molecule has 4 aromatic rings. The molecular formula is C19H15ClN8. The van der Waals surface area contributed by atoms with Gasteiger partial charge < -0.3 is 10.6 Å². The van der Waals surface area contributed by atoms with Crippen molar-refractivity contribution < 1.29 is 0 Å². The number of para-hydroxylation sites is 2. The van der Waals surface area contributed by atoms with Gasteiger partial charge in [-0.25, -0.2) is 4.98 Å². The Morgan fingerprint density at radius 3 is 2.79 bits per heavy atom. The average Bonchev–Trinajstić information content (AvgIpc) is 3.14. The molecule has 1 atom stereocenters. The zero-order valence-corrected chi connectivity index (χ0v) is 15.6. The van der Waals surface area contributed by atoms with E-state index in [0.717, 1.165) is 22.5 Å². The van der Waals surface area contributed by atoms with Crippen molar-refractivity contribution in [3.63, 3.8) is 0 Å². The van der Waals surface area contributed by atoms with Gasteiger partial charge in [0.15, 0.2) is 5.82 Å². The van der Waals surface area contributed by atoms with Crippen LogP contribution in [-0.2, 0) is 0 Å². The summed E-state index contributed by atoms with van der Waals surface area (Å²) in [5.41, 5.74) is 3.53. The summed E-state index contributed by atoms with van der Waals surface area (Å²) in [4.78, 5) is 9.13. The summed E-state index contributed by atoms with van der Waals surface area (Å²) in [6.07, 6.45) is 1.72. The highest BCUT2D eigenvalue weighted by Gasteiger charge is 2.23. The maximum Gasteiger partial charge on any atom is 0.225 e. The van der Waals surface area contributed by atoms with Crippen LogP contribution in [0.1, 0.15) is 18.5 Å². The quantitative estimate of drug-likeness (QED) is 0.480. The van der Waals surface area contributed by atoms with E-state index >= 15 is 0 Å². The average molecular weight is 391 g/mol. The maximum atomic E-state index is 5.97. The monoisotopic (exact) mass is 390 g/mol. The molecule has 0 radical (unpaired) electrons. The highest BCUT2D eigenvalue weighted by atomic mass is 35.5. The van der Waals surface area contributed by atoms with Gasteiger partial charge in [-0.1, -0.05) is 35.9 Å². The van der Waals surface area contributed by atoms with Crippen LogP contribution < -0.4 is 10.6 Å². The molecule has 2 aromatic heterocycles. The Balaban J connectivity index is 1.52. The van der Waals surface area contributed by atoms with Crippen molar-refractivity contribution in [2.24, 2.45) is 0 Å². The molecule has 3 heterocycles. The van der Waals surface area contributed by atoms with Crippen molar-refractivity contribution in [1.29, 1.82) is 0 Å². The van der Waals surface area contributed by atoms with Gasteiger partial charge in [-0.05, 0) is 47.2 Å². The number of nitrogens with one attached hydrogen (secondary N) is 2. The molecule has 1 aliphatic rings. The summed E-state index contributed by atoms with van der Waals surface area (Å²) < 4.78 is 1.68. The van der Waals surface area contributed by atoms with Crippen LogP contribution in [0.15, 0.2) is 54.7 Å². The van der Waals surface area contributed by atoms with Crippen molar-refractivity contribution in [1.82, 2.24) is 30.2 Å². The molecule has 8 nitrogen and oxygen atoms in total. The van der Waals surface area contributed by atoms with Gasteiger partial charge in [0.25, 0.3) is 0 Å². The van der Waals surface area contributed by atoms with Gasteiger partial charge in [0, 0.05) is 11.2 Å². The predicted octanol–water partition coefficient (Wildman–Crippen LogP) is 4.00. The van der Waals surface area contributed by atoms with E-state index < -0.39 is 0 Å². The normalized spacial score (nSPS) is 12.8. The number of tetrazole rings is 1. The number of rotatable bonds is 3. The van der Waals surface area contributed by atoms with Crippen LogP contribution >= 0.6 is 11.6 Å². The molecule has 1 aliphatic heterocycles. The first-order chi connectivity index (χ1) is 13.7. The van der Waals surface area contributed by atoms with E-state index in [1.807, 2.05) is 55.5 Å². The number of nitrogens with zero attached hydrogens (tertiary/aromatic N) is 6. The molecule has 2 N–H and O–H groups in total. The predicted molar refractivity (Wildman–Crippen MR) is 107 cm³/mol. The van der Waals surface area contributed by atoms with Crippen molar-refractivity contribution in [2.45, 2.75) is 13.0 Å². The van der Waals surface area contributed by atoms with Gasteiger partial charge in [-0.15, -0.1) is 5.10 Å². The van der Waals surface area contributed by atoms with Crippen molar-refractivity contribution in [3.05, 3.63) is 65.3 Å². The summed E-state index contributed by atoms with van der Waals surface area (Å²) in [7, 11) is 0. The maximum absolute atomic E-state index is 5.97. The highest BCUT2D eigenvalue weighted by Crippen LogP contribution is 2.35. The molecule has 2 aromatic carbocycles. The lowest BCUT2D eigenvalue weighted by Crippen LogP contribution is -2.10. The first kappa shape index (κ1) is 16.6. The molecule has 1 unspecified atom stereocenters. The van der Waals surface area contributed by atoms with Gasteiger partial charge in [-0.2, -0.15) is 9.67 Å². The number of hydrogen-bond acceptors (Lipinski definition) is 7. The SMILES string of the molecule is CC(Nc1ncc2c(n1)Nc1ccccc1-n1nnnc1-2)c1ccc(Cl)cc1. The van der Waals surface area contributed by atoms with Crippen LogP contribution in [0.2, 0.25) is 5.02 Å². The van der Waals surface area contributed by atoms with E-state index in [4.69, 9.17) is 11.6 Å². The van der Waals surface area contributed by atoms with Crippen molar-refractivity contribution in [3.8, 4) is 17.1 Å². The topological polar surface area (TPSA) is 93.4 Å². The second-order valence-corrected chi connectivity index (χ2v) is 6.87. The second-order valence-electron chi connectivity index (χ2n) is 6.43. The Morgan fingerprint density at radius 2 is 1.93 bits per heavy atom. The largest absolute Gasteiger partial charge is 0.348 e. The molecule has 0 amide bonds. The molecule has 138 valence electrons. The Bertz CT molecular complexity index is 1150. The lowest BCUT2D eigenvalue weighted by Gasteiger charge is -2.15. The van der Waals surface area contributed by atoms with Crippen LogP contribution in [0.3, 0.4) is 0 Å². The van der Waals surface area contributed by atoms with Gasteiger partial charge in [-0.3, -0.25) is 0 Å². The molecule has 0 spiro atoms. The van der Waals surface area contributed by atoms with Crippen molar-refractivity contribution in [2.75, 3.05) is 10.6 Å². The van der Waals surface area contributed by atoms with Gasteiger partial charge in [0.1, 0.15) is 5.82 Å². The van der Waals surface area contributed by atoms with E-state index in [1.165, 1.54) is 0 Å². The number of aromatic nitrogens is 6. The summed E-state index contributed by atoms with van der Waals surface area (Å²) in [5.74, 6) is 1.73. The number of anilines is 3. The summed E-state index contributed by atoms with van der Waals surface area (Å²) in [6.45, 7) is 2.04. The molecule has 9 heteroatoms. The minimum atomic E-state index is 0.0127. The van der Waals surface area contributed by atoms with Crippen LogP contribution in [-0.4, -0.2) is 30.2 Å². The molecule has 28 heavy (non-hydrogen) atoms. The number of fused-ring (bicyclic) bond motifs is 5. The first-order valence-corrected chi connectivity index (χ1v) is 9.11. The van der Waals surface area contributed by atoms with Crippen LogP contribution in [0.25, 0.3) is 17.1 Å². The molecule has 5 rings (SSSR count). The summed E-state index contributed by atoms with van der Waals surface area (Å²) in [5, 5.41) is 19.5. The van der Waals surface area contributed by atoms with E-state index in [2.05, 4.69) is 36.1 Å². The van der Waals surface area contributed by atoms with Crippen molar-refractivity contribution >= 4 is 29.1 Å². The van der Waals surface area contributed by atoms with E-state index in [1.54, 1.807) is 10.9 Å². The van der Waals surface area contributed by atoms with Crippen LogP contribution in [0.4, 0.5) is 17.5 Å². The fourth-order valence-electron chi connectivity index (χ4n) is 3.15. The summed E-state index contributed by atoms with van der Waals surface area (Å²) >= 11 is 5.97. The fraction of sp³-hybridized carbons (Fsp3) is 0.105. The lowest BCUT2D eigenvalue weighted by atomic mass is 10.1. The van der Waals surface area contributed by atoms with Crippen LogP contribution in [0, 0.1) is 0 Å². The third-order valence-electron chi connectivity index (χ3n) is 4.60. The third-order valence-corrected chi connectivity index (χ3v) is 4.85. The third kappa shape index (κ3) is 2.84. The molecule has 0 saturated heterocycles. The Hall–Kier alpha value is -3.52. The van der Waals surface area contributed by atoms with Gasteiger partial charge >= 0.3 is 0 Å². The van der Waals surface area contributed by atoms with E-state index in [-0.39, 0.29) is 6.04 Å². The fourth-order valence-corrected chi connectivity index (χ4v) is 3.27. The van der Waals surface area contributed by atoms with Crippen LogP contribution in [0.5, 0.6) is 0 Å². The first-order valence-electron chi connectivity index (χ1n) is 8.73. The molecule has 0 saturated carbocycles. The smallest absolute Gasteiger partial charge is 0.225 e. The number of halogens is 1. The molecular weight excluding hydrogens is 376 g/mol. The Labute approximate surface area is 165 Å². The Kier molecular flexibility index (Phi) is 3.91. The minimum absolute atomic E-state index is 0.0127. The van der Waals surface area contributed by atoms with Gasteiger partial charge in [0.2, 0.25) is 5.95 Å². The number of benzene rings is 2. The second kappa shape index (κ2) is 6.58. The highest BCUT2D eigenvalue weighted by molar-refractivity contribution is 6.30. The zero-order chi connectivity index (χ0) is 19.1. The molecule has 0 fully saturated rings. The summed E-state index contributed by atoms with van der Waals surface area (Å²) in [6, 6.07) is 15.5. The standard InChI is InChI=1S/C19H15ClN8/c1-11(12-6-8-13(20)9-7-12)22-19-21-10-14-17(24-19)23-15-4-2-3-5-16(15)28-18(14)25-26-27-28/h2-11H,1H3,(H2,21,22,23,24). The zero-order valence-electron chi connectivity index (χ0n) is 14.8. The van der Waals surface area contributed by atoms with Gasteiger partial charge in [0.05, 0.1) is 23.0 Å². The number of hydrogen-bond donors (Lipinski definition) is 2. The lowest BCUT2D eigenvalue weighted by molar-refractivity contribution is 0.793. The molecule has 0 bridgehead atoms. The van der Waals surface area contributed by atoms with E-state index in [9.17, 15) is 0 Å². The molecule has 0 aliphatic carbocycles.